The summed E-state index contributed by atoms with van der Waals surface area (Å²) in [5, 5.41) is 10.4. The standard InChI is InChI=1S/C21H17ClN4O4S2/c1-10-13-9-16(32-20(13)26(25-10)15-6-4-3-5-14(15)22)21(29)30-11(2)18(28)24-19-12(17(23)27)7-8-31-19/h3-9,11H,1-2H3,(H2,23,27)(H,24,28). The number of ether oxygens (including phenoxy) is 1. The quantitative estimate of drug-likeness (QED) is 0.390. The Bertz CT molecular complexity index is 1360. The molecule has 0 saturated heterocycles. The molecule has 164 valence electrons. The minimum atomic E-state index is -1.09. The molecule has 0 aliphatic heterocycles. The molecule has 4 aromatic rings. The molecule has 11 heteroatoms. The van der Waals surface area contributed by atoms with Crippen LogP contribution in [0.25, 0.3) is 15.9 Å². The van der Waals surface area contributed by atoms with Crippen LogP contribution in [0, 0.1) is 6.92 Å². The molecule has 0 bridgehead atoms. The van der Waals surface area contributed by atoms with Crippen molar-refractivity contribution < 1.29 is 19.1 Å². The van der Waals surface area contributed by atoms with Gasteiger partial charge in [-0.05, 0) is 43.5 Å². The number of nitrogens with zero attached hydrogens (tertiary/aromatic N) is 2. The summed E-state index contributed by atoms with van der Waals surface area (Å²) in [4.78, 5) is 37.6. The molecule has 3 aromatic heterocycles. The Hall–Kier alpha value is -3.21. The molecule has 3 heterocycles. The number of aryl methyl sites for hydroxylation is 1. The van der Waals surface area contributed by atoms with Gasteiger partial charge in [0.05, 0.1) is 22.0 Å². The molecule has 0 saturated carbocycles. The van der Waals surface area contributed by atoms with E-state index in [2.05, 4.69) is 10.4 Å². The van der Waals surface area contributed by atoms with E-state index in [0.29, 0.717) is 20.6 Å². The third kappa shape index (κ3) is 4.12. The second-order valence-corrected chi connectivity index (χ2v) is 9.20. The zero-order valence-corrected chi connectivity index (χ0v) is 19.3. The summed E-state index contributed by atoms with van der Waals surface area (Å²) in [5.74, 6) is -1.86. The van der Waals surface area contributed by atoms with Crippen molar-refractivity contribution in [3.05, 3.63) is 62.9 Å². The van der Waals surface area contributed by atoms with Crippen molar-refractivity contribution in [2.75, 3.05) is 5.32 Å². The first-order valence-electron chi connectivity index (χ1n) is 9.39. The molecule has 0 aliphatic rings. The lowest BCUT2D eigenvalue weighted by Gasteiger charge is -2.12. The van der Waals surface area contributed by atoms with E-state index in [0.717, 1.165) is 27.2 Å². The largest absolute Gasteiger partial charge is 0.448 e. The summed E-state index contributed by atoms with van der Waals surface area (Å²) < 4.78 is 7.03. The van der Waals surface area contributed by atoms with Crippen LogP contribution >= 0.6 is 34.3 Å². The maximum Gasteiger partial charge on any atom is 0.349 e. The van der Waals surface area contributed by atoms with E-state index in [9.17, 15) is 14.4 Å². The van der Waals surface area contributed by atoms with Crippen molar-refractivity contribution in [1.82, 2.24) is 9.78 Å². The Morgan fingerprint density at radius 2 is 2.00 bits per heavy atom. The number of benzene rings is 1. The topological polar surface area (TPSA) is 116 Å². The smallest absolute Gasteiger partial charge is 0.349 e. The number of para-hydroxylation sites is 1. The number of carbonyl (C=O) groups is 3. The summed E-state index contributed by atoms with van der Waals surface area (Å²) in [7, 11) is 0. The highest BCUT2D eigenvalue weighted by molar-refractivity contribution is 7.20. The number of hydrogen-bond acceptors (Lipinski definition) is 7. The zero-order valence-electron chi connectivity index (χ0n) is 16.9. The minimum absolute atomic E-state index is 0.200. The Balaban J connectivity index is 1.53. The first-order valence-corrected chi connectivity index (χ1v) is 11.5. The van der Waals surface area contributed by atoms with Crippen LogP contribution in [-0.2, 0) is 9.53 Å². The lowest BCUT2D eigenvalue weighted by atomic mass is 10.3. The van der Waals surface area contributed by atoms with E-state index in [-0.39, 0.29) is 5.56 Å². The molecule has 3 N–H and O–H groups in total. The van der Waals surface area contributed by atoms with Crippen LogP contribution in [0.1, 0.15) is 32.6 Å². The Kier molecular flexibility index (Phi) is 6.00. The van der Waals surface area contributed by atoms with Crippen molar-refractivity contribution in [3.63, 3.8) is 0 Å². The molecular weight excluding hydrogens is 472 g/mol. The number of esters is 1. The molecule has 32 heavy (non-hydrogen) atoms. The molecule has 1 atom stereocenters. The molecule has 0 fully saturated rings. The molecule has 2 amide bonds. The summed E-state index contributed by atoms with van der Waals surface area (Å²) in [6.45, 7) is 3.29. The van der Waals surface area contributed by atoms with Gasteiger partial charge < -0.3 is 15.8 Å². The van der Waals surface area contributed by atoms with Gasteiger partial charge in [0.2, 0.25) is 0 Å². The monoisotopic (exact) mass is 488 g/mol. The van der Waals surface area contributed by atoms with E-state index in [1.54, 1.807) is 22.2 Å². The van der Waals surface area contributed by atoms with Crippen molar-refractivity contribution in [2.45, 2.75) is 20.0 Å². The number of fused-ring (bicyclic) bond motifs is 1. The first kappa shape index (κ1) is 22.0. The number of nitrogens with one attached hydrogen (secondary N) is 1. The maximum absolute atomic E-state index is 12.7. The normalized spacial score (nSPS) is 12.0. The van der Waals surface area contributed by atoms with Gasteiger partial charge in [0.15, 0.2) is 6.10 Å². The van der Waals surface area contributed by atoms with Gasteiger partial charge in [-0.2, -0.15) is 5.10 Å². The second-order valence-electron chi connectivity index (χ2n) is 6.84. The summed E-state index contributed by atoms with van der Waals surface area (Å²) >= 11 is 8.66. The SMILES string of the molecule is Cc1nn(-c2ccccc2Cl)c2sc(C(=O)OC(C)C(=O)Nc3sccc3C(N)=O)cc12. The van der Waals surface area contributed by atoms with Crippen LogP contribution in [0.3, 0.4) is 0 Å². The molecule has 0 spiro atoms. The second kappa shape index (κ2) is 8.73. The molecule has 8 nitrogen and oxygen atoms in total. The van der Waals surface area contributed by atoms with E-state index in [1.807, 2.05) is 25.1 Å². The Labute approximate surface area is 195 Å². The highest BCUT2D eigenvalue weighted by Crippen LogP contribution is 2.33. The fourth-order valence-corrected chi connectivity index (χ4v) is 5.09. The van der Waals surface area contributed by atoms with Gasteiger partial charge in [0.25, 0.3) is 11.8 Å². The summed E-state index contributed by atoms with van der Waals surface area (Å²) in [6.07, 6.45) is -1.09. The number of nitrogens with two attached hydrogens (primary N) is 1. The molecular formula is C21H17ClN4O4S2. The van der Waals surface area contributed by atoms with Gasteiger partial charge in [-0.3, -0.25) is 9.59 Å². The minimum Gasteiger partial charge on any atom is -0.448 e. The van der Waals surface area contributed by atoms with Gasteiger partial charge >= 0.3 is 5.97 Å². The zero-order chi connectivity index (χ0) is 23.0. The third-order valence-electron chi connectivity index (χ3n) is 4.65. The number of thiophene rings is 2. The number of rotatable bonds is 6. The summed E-state index contributed by atoms with van der Waals surface area (Å²) in [5.41, 5.74) is 6.92. The van der Waals surface area contributed by atoms with Crippen LogP contribution in [0.5, 0.6) is 0 Å². The molecule has 0 radical (unpaired) electrons. The van der Waals surface area contributed by atoms with E-state index in [1.165, 1.54) is 24.3 Å². The van der Waals surface area contributed by atoms with E-state index >= 15 is 0 Å². The van der Waals surface area contributed by atoms with Crippen LogP contribution in [0.2, 0.25) is 5.02 Å². The molecule has 1 aromatic carbocycles. The number of halogens is 1. The number of primary amides is 1. The predicted molar refractivity (Wildman–Crippen MR) is 125 cm³/mol. The Morgan fingerprint density at radius 1 is 1.25 bits per heavy atom. The van der Waals surface area contributed by atoms with Crippen molar-refractivity contribution in [3.8, 4) is 5.69 Å². The maximum atomic E-state index is 12.7. The van der Waals surface area contributed by atoms with Gasteiger partial charge in [-0.1, -0.05) is 23.7 Å². The van der Waals surface area contributed by atoms with Crippen molar-refractivity contribution in [1.29, 1.82) is 0 Å². The van der Waals surface area contributed by atoms with E-state index < -0.39 is 23.9 Å². The van der Waals surface area contributed by atoms with Crippen molar-refractivity contribution in [2.24, 2.45) is 5.73 Å². The van der Waals surface area contributed by atoms with Gasteiger partial charge in [-0.25, -0.2) is 9.48 Å². The fraction of sp³-hybridized carbons (Fsp3) is 0.143. The number of carbonyl (C=O) groups excluding carboxylic acids is 3. The lowest BCUT2D eigenvalue weighted by molar-refractivity contribution is -0.123. The average molecular weight is 489 g/mol. The van der Waals surface area contributed by atoms with Crippen LogP contribution in [0.4, 0.5) is 5.00 Å². The van der Waals surface area contributed by atoms with Gasteiger partial charge in [0, 0.05) is 5.39 Å². The van der Waals surface area contributed by atoms with Gasteiger partial charge in [0.1, 0.15) is 14.7 Å². The van der Waals surface area contributed by atoms with Crippen LogP contribution in [-0.4, -0.2) is 33.7 Å². The van der Waals surface area contributed by atoms with Gasteiger partial charge in [-0.15, -0.1) is 22.7 Å². The molecule has 4 rings (SSSR count). The molecule has 1 unspecified atom stereocenters. The number of amides is 2. The number of anilines is 1. The number of aromatic nitrogens is 2. The third-order valence-corrected chi connectivity index (χ3v) is 6.89. The van der Waals surface area contributed by atoms with E-state index in [4.69, 9.17) is 22.1 Å². The fourth-order valence-electron chi connectivity index (χ4n) is 3.02. The predicted octanol–water partition coefficient (Wildman–Crippen LogP) is 4.39. The average Bonchev–Trinajstić information content (AvgIpc) is 3.45. The van der Waals surface area contributed by atoms with Crippen molar-refractivity contribution >= 4 is 67.3 Å². The Morgan fingerprint density at radius 3 is 2.72 bits per heavy atom. The highest BCUT2D eigenvalue weighted by Gasteiger charge is 2.24. The lowest BCUT2D eigenvalue weighted by Crippen LogP contribution is -2.30. The highest BCUT2D eigenvalue weighted by atomic mass is 35.5. The number of hydrogen-bond donors (Lipinski definition) is 2. The first-order chi connectivity index (χ1) is 15.3. The summed E-state index contributed by atoms with van der Waals surface area (Å²) in [6, 6.07) is 10.5. The van der Waals surface area contributed by atoms with Crippen LogP contribution < -0.4 is 11.1 Å². The molecule has 0 aliphatic carbocycles. The van der Waals surface area contributed by atoms with Crippen LogP contribution in [0.15, 0.2) is 41.8 Å².